The molecule has 33 heavy (non-hydrogen) atoms. The number of hydrogen-bond acceptors (Lipinski definition) is 4. The van der Waals surface area contributed by atoms with E-state index in [9.17, 15) is 4.79 Å². The summed E-state index contributed by atoms with van der Waals surface area (Å²) in [6.45, 7) is 2.85. The normalized spacial score (nSPS) is 15.6. The van der Waals surface area contributed by atoms with Crippen LogP contribution in [0.15, 0.2) is 79.3 Å². The summed E-state index contributed by atoms with van der Waals surface area (Å²) in [5.74, 6) is 0.0990. The van der Waals surface area contributed by atoms with Gasteiger partial charge in [-0.25, -0.2) is 4.98 Å². The predicted molar refractivity (Wildman–Crippen MR) is 128 cm³/mol. The Morgan fingerprint density at radius 3 is 2.76 bits per heavy atom. The molecule has 0 radical (unpaired) electrons. The number of likely N-dealkylation sites (tertiary alicyclic amines) is 1. The van der Waals surface area contributed by atoms with E-state index in [0.717, 1.165) is 40.6 Å². The Morgan fingerprint density at radius 2 is 1.91 bits per heavy atom. The van der Waals surface area contributed by atoms with Crippen LogP contribution in [-0.2, 0) is 13.1 Å². The van der Waals surface area contributed by atoms with Crippen LogP contribution in [0.4, 0.5) is 0 Å². The summed E-state index contributed by atoms with van der Waals surface area (Å²) in [5.41, 5.74) is 3.66. The molecule has 1 aromatic heterocycles. The van der Waals surface area contributed by atoms with Crippen molar-refractivity contribution in [1.29, 1.82) is 5.26 Å². The zero-order valence-corrected chi connectivity index (χ0v) is 18.3. The summed E-state index contributed by atoms with van der Waals surface area (Å²) in [4.78, 5) is 19.5. The molecular formula is C27H25N5O. The summed E-state index contributed by atoms with van der Waals surface area (Å²) in [7, 11) is 0. The van der Waals surface area contributed by atoms with E-state index in [-0.39, 0.29) is 11.9 Å². The SMILES string of the molecule is N#Cc1ccc(Cn2cncc2CNC2CCN(C(=O)c3cccc4ccccc34)C2)cc1. The Hall–Kier alpha value is -3.95. The molecule has 5 rings (SSSR count). The molecule has 1 saturated heterocycles. The summed E-state index contributed by atoms with van der Waals surface area (Å²) in [6.07, 6.45) is 4.64. The average molecular weight is 436 g/mol. The quantitative estimate of drug-likeness (QED) is 0.498. The van der Waals surface area contributed by atoms with Gasteiger partial charge in [-0.15, -0.1) is 0 Å². The number of nitriles is 1. The molecule has 1 amide bonds. The average Bonchev–Trinajstić information content (AvgIpc) is 3.52. The Balaban J connectivity index is 1.20. The van der Waals surface area contributed by atoms with Crippen molar-refractivity contribution in [3.63, 3.8) is 0 Å². The third kappa shape index (κ3) is 4.50. The van der Waals surface area contributed by atoms with Crippen LogP contribution in [0.25, 0.3) is 10.8 Å². The van der Waals surface area contributed by atoms with Crippen molar-refractivity contribution in [2.75, 3.05) is 13.1 Å². The lowest BCUT2D eigenvalue weighted by Gasteiger charge is -2.18. The molecule has 1 unspecified atom stereocenters. The monoisotopic (exact) mass is 435 g/mol. The predicted octanol–water partition coefficient (Wildman–Crippen LogP) is 3.96. The van der Waals surface area contributed by atoms with Crippen LogP contribution in [0.1, 0.15) is 33.6 Å². The van der Waals surface area contributed by atoms with Gasteiger partial charge in [0.15, 0.2) is 0 Å². The molecule has 0 bridgehead atoms. The van der Waals surface area contributed by atoms with Crippen LogP contribution in [0.2, 0.25) is 0 Å². The van der Waals surface area contributed by atoms with E-state index in [2.05, 4.69) is 20.9 Å². The first-order valence-corrected chi connectivity index (χ1v) is 11.2. The van der Waals surface area contributed by atoms with E-state index in [4.69, 9.17) is 5.26 Å². The number of imidazole rings is 1. The van der Waals surface area contributed by atoms with Crippen molar-refractivity contribution in [1.82, 2.24) is 19.8 Å². The Morgan fingerprint density at radius 1 is 1.09 bits per heavy atom. The lowest BCUT2D eigenvalue weighted by molar-refractivity contribution is 0.0791. The van der Waals surface area contributed by atoms with E-state index in [1.54, 1.807) is 0 Å². The zero-order valence-electron chi connectivity index (χ0n) is 18.3. The highest BCUT2D eigenvalue weighted by atomic mass is 16.2. The number of hydrogen-bond donors (Lipinski definition) is 1. The second-order valence-electron chi connectivity index (χ2n) is 8.47. The minimum Gasteiger partial charge on any atom is -0.337 e. The highest BCUT2D eigenvalue weighted by Gasteiger charge is 2.27. The summed E-state index contributed by atoms with van der Waals surface area (Å²) < 4.78 is 2.11. The zero-order chi connectivity index (χ0) is 22.6. The summed E-state index contributed by atoms with van der Waals surface area (Å²) in [5, 5.41) is 14.7. The van der Waals surface area contributed by atoms with Crippen molar-refractivity contribution in [2.45, 2.75) is 25.6 Å². The minimum atomic E-state index is 0.0990. The fraction of sp³-hybridized carbons (Fsp3) is 0.222. The van der Waals surface area contributed by atoms with Gasteiger partial charge in [0.2, 0.25) is 0 Å². The van der Waals surface area contributed by atoms with Gasteiger partial charge in [0.25, 0.3) is 5.91 Å². The standard InChI is InChI=1S/C27H25N5O/c28-14-20-8-10-21(11-9-20)17-32-19-29-15-24(32)16-30-23-12-13-31(18-23)27(33)26-7-3-5-22-4-1-2-6-25(22)26/h1-11,15,19,23,30H,12-13,16-18H2. The van der Waals surface area contributed by atoms with Gasteiger partial charge in [0.05, 0.1) is 23.7 Å². The fourth-order valence-electron chi connectivity index (χ4n) is 4.46. The molecule has 4 aromatic rings. The topological polar surface area (TPSA) is 74.0 Å². The third-order valence-corrected chi connectivity index (χ3v) is 6.30. The van der Waals surface area contributed by atoms with Gasteiger partial charge in [0, 0.05) is 44.0 Å². The molecule has 1 N–H and O–H groups in total. The lowest BCUT2D eigenvalue weighted by atomic mass is 10.0. The molecule has 6 nitrogen and oxygen atoms in total. The molecule has 0 aliphatic carbocycles. The molecule has 1 aliphatic rings. The molecular weight excluding hydrogens is 410 g/mol. The van der Waals surface area contributed by atoms with E-state index in [1.807, 2.05) is 84.2 Å². The molecule has 1 fully saturated rings. The number of rotatable bonds is 6. The number of carbonyl (C=O) groups excluding carboxylic acids is 1. The van der Waals surface area contributed by atoms with E-state index < -0.39 is 0 Å². The van der Waals surface area contributed by atoms with Gasteiger partial charge in [-0.3, -0.25) is 4.79 Å². The van der Waals surface area contributed by atoms with Crippen LogP contribution in [0.5, 0.6) is 0 Å². The number of nitrogens with zero attached hydrogens (tertiary/aromatic N) is 4. The lowest BCUT2D eigenvalue weighted by Crippen LogP contribution is -2.35. The smallest absolute Gasteiger partial charge is 0.254 e. The maximum absolute atomic E-state index is 13.2. The van der Waals surface area contributed by atoms with Crippen LogP contribution >= 0.6 is 0 Å². The number of carbonyl (C=O) groups is 1. The maximum Gasteiger partial charge on any atom is 0.254 e. The number of fused-ring (bicyclic) bond motifs is 1. The molecule has 164 valence electrons. The van der Waals surface area contributed by atoms with Gasteiger partial charge < -0.3 is 14.8 Å². The Labute approximate surface area is 193 Å². The first kappa shape index (κ1) is 20.9. The van der Waals surface area contributed by atoms with Crippen molar-refractivity contribution in [3.8, 4) is 6.07 Å². The van der Waals surface area contributed by atoms with E-state index in [1.165, 1.54) is 0 Å². The second-order valence-corrected chi connectivity index (χ2v) is 8.47. The molecule has 3 aromatic carbocycles. The maximum atomic E-state index is 13.2. The fourth-order valence-corrected chi connectivity index (χ4v) is 4.46. The van der Waals surface area contributed by atoms with E-state index in [0.29, 0.717) is 25.2 Å². The highest BCUT2D eigenvalue weighted by Crippen LogP contribution is 2.22. The first-order chi connectivity index (χ1) is 16.2. The van der Waals surface area contributed by atoms with Crippen LogP contribution in [0, 0.1) is 11.3 Å². The largest absolute Gasteiger partial charge is 0.337 e. The summed E-state index contributed by atoms with van der Waals surface area (Å²) >= 11 is 0. The van der Waals surface area contributed by atoms with Crippen molar-refractivity contribution < 1.29 is 4.79 Å². The Bertz CT molecular complexity index is 1310. The van der Waals surface area contributed by atoms with Gasteiger partial charge in [-0.05, 0) is 41.0 Å². The van der Waals surface area contributed by atoms with Crippen LogP contribution < -0.4 is 5.32 Å². The number of aromatic nitrogens is 2. The molecule has 6 heteroatoms. The molecule has 0 saturated carbocycles. The van der Waals surface area contributed by atoms with Crippen molar-refractivity contribution in [3.05, 3.63) is 102 Å². The second kappa shape index (κ2) is 9.27. The highest BCUT2D eigenvalue weighted by molar-refractivity contribution is 6.07. The van der Waals surface area contributed by atoms with Gasteiger partial charge in [0.1, 0.15) is 0 Å². The van der Waals surface area contributed by atoms with Gasteiger partial charge in [-0.1, -0.05) is 48.5 Å². The first-order valence-electron chi connectivity index (χ1n) is 11.2. The van der Waals surface area contributed by atoms with Crippen molar-refractivity contribution in [2.24, 2.45) is 0 Å². The third-order valence-electron chi connectivity index (χ3n) is 6.30. The minimum absolute atomic E-state index is 0.0990. The molecule has 1 aliphatic heterocycles. The molecule has 1 atom stereocenters. The van der Waals surface area contributed by atoms with Gasteiger partial charge >= 0.3 is 0 Å². The number of benzene rings is 3. The van der Waals surface area contributed by atoms with E-state index >= 15 is 0 Å². The molecule has 2 heterocycles. The number of nitrogens with one attached hydrogen (secondary N) is 1. The molecule has 0 spiro atoms. The van der Waals surface area contributed by atoms with Crippen LogP contribution in [-0.4, -0.2) is 39.5 Å². The van der Waals surface area contributed by atoms with Gasteiger partial charge in [-0.2, -0.15) is 5.26 Å². The van der Waals surface area contributed by atoms with Crippen molar-refractivity contribution >= 4 is 16.7 Å². The number of amides is 1. The Kier molecular flexibility index (Phi) is 5.88. The summed E-state index contributed by atoms with van der Waals surface area (Å²) in [6, 6.07) is 24.0. The van der Waals surface area contributed by atoms with Crippen LogP contribution in [0.3, 0.4) is 0 Å².